The first kappa shape index (κ1) is 11.7. The minimum atomic E-state index is 0.582. The third kappa shape index (κ3) is 9.66. The van der Waals surface area contributed by atoms with Crippen LogP contribution in [0.1, 0.15) is 26.7 Å². The second kappa shape index (κ2) is 8.75. The molecule has 1 N–H and O–H groups in total. The van der Waals surface area contributed by atoms with E-state index < -0.39 is 0 Å². The molecule has 0 radical (unpaired) electrons. The highest BCUT2D eigenvalue weighted by Gasteiger charge is 1.91. The Morgan fingerprint density at radius 2 is 2.17 bits per heavy atom. The molecule has 72 valence electrons. The van der Waals surface area contributed by atoms with E-state index in [0.29, 0.717) is 6.04 Å². The van der Waals surface area contributed by atoms with Crippen molar-refractivity contribution in [3.8, 4) is 0 Å². The molecule has 0 amide bonds. The Morgan fingerprint density at radius 1 is 1.42 bits per heavy atom. The molecule has 0 aromatic carbocycles. The van der Waals surface area contributed by atoms with E-state index in [2.05, 4.69) is 25.7 Å². The van der Waals surface area contributed by atoms with Gasteiger partial charge in [0.2, 0.25) is 0 Å². The Kier molecular flexibility index (Phi) is 8.51. The summed E-state index contributed by atoms with van der Waals surface area (Å²) in [6, 6.07) is 0.582. The van der Waals surface area contributed by atoms with E-state index in [4.69, 9.17) is 4.74 Å². The molecule has 12 heavy (non-hydrogen) atoms. The van der Waals surface area contributed by atoms with Crippen LogP contribution < -0.4 is 5.32 Å². The molecule has 0 atom stereocenters. The van der Waals surface area contributed by atoms with Crippen LogP contribution in [0.15, 0.2) is 12.7 Å². The van der Waals surface area contributed by atoms with Crippen molar-refractivity contribution in [2.45, 2.75) is 32.7 Å². The summed E-state index contributed by atoms with van der Waals surface area (Å²) in [6.07, 6.45) is 3.93. The summed E-state index contributed by atoms with van der Waals surface area (Å²) in [5.74, 6) is 0. The van der Waals surface area contributed by atoms with Gasteiger partial charge in [-0.25, -0.2) is 0 Å². The smallest absolute Gasteiger partial charge is 0.0500 e. The van der Waals surface area contributed by atoms with Crippen molar-refractivity contribution in [1.82, 2.24) is 5.32 Å². The van der Waals surface area contributed by atoms with Crippen molar-refractivity contribution in [1.29, 1.82) is 0 Å². The van der Waals surface area contributed by atoms with Gasteiger partial charge in [0.1, 0.15) is 0 Å². The summed E-state index contributed by atoms with van der Waals surface area (Å²) in [5, 5.41) is 3.34. The molecular weight excluding hydrogens is 150 g/mol. The Bertz CT molecular complexity index is 102. The van der Waals surface area contributed by atoms with Crippen molar-refractivity contribution >= 4 is 0 Å². The molecule has 2 heteroatoms. The Labute approximate surface area is 76.0 Å². The van der Waals surface area contributed by atoms with E-state index in [-0.39, 0.29) is 0 Å². The largest absolute Gasteiger partial charge is 0.381 e. The van der Waals surface area contributed by atoms with Gasteiger partial charge in [-0.3, -0.25) is 0 Å². The van der Waals surface area contributed by atoms with Gasteiger partial charge in [0.25, 0.3) is 0 Å². The van der Waals surface area contributed by atoms with Crippen LogP contribution in [-0.2, 0) is 4.74 Å². The summed E-state index contributed by atoms with van der Waals surface area (Å²) >= 11 is 0. The van der Waals surface area contributed by atoms with E-state index in [1.165, 1.54) is 0 Å². The van der Waals surface area contributed by atoms with Crippen LogP contribution in [0, 0.1) is 0 Å². The molecule has 0 rings (SSSR count). The van der Waals surface area contributed by atoms with Crippen LogP contribution in [0.2, 0.25) is 0 Å². The maximum atomic E-state index is 5.34. The highest BCUT2D eigenvalue weighted by atomic mass is 16.5. The fourth-order valence-corrected chi connectivity index (χ4v) is 0.834. The summed E-state index contributed by atoms with van der Waals surface area (Å²) < 4.78 is 5.34. The molecule has 2 nitrogen and oxygen atoms in total. The average Bonchev–Trinajstić information content (AvgIpc) is 2.02. The van der Waals surface area contributed by atoms with Crippen molar-refractivity contribution in [2.24, 2.45) is 0 Å². The van der Waals surface area contributed by atoms with E-state index in [1.807, 2.05) is 6.08 Å². The highest BCUT2D eigenvalue weighted by Crippen LogP contribution is 1.86. The van der Waals surface area contributed by atoms with Gasteiger partial charge in [-0.05, 0) is 19.4 Å². The Balaban J connectivity index is 2.86. The molecule has 0 aromatic rings. The highest BCUT2D eigenvalue weighted by molar-refractivity contribution is 4.64. The minimum absolute atomic E-state index is 0.582. The number of hydrogen-bond donors (Lipinski definition) is 1. The summed E-state index contributed by atoms with van der Waals surface area (Å²) in [4.78, 5) is 0. The van der Waals surface area contributed by atoms with E-state index in [0.717, 1.165) is 32.6 Å². The first-order chi connectivity index (χ1) is 5.77. The van der Waals surface area contributed by atoms with Crippen LogP contribution in [0.25, 0.3) is 0 Å². The lowest BCUT2D eigenvalue weighted by atomic mass is 10.3. The first-order valence-corrected chi connectivity index (χ1v) is 4.69. The normalized spacial score (nSPS) is 10.6. The third-order valence-electron chi connectivity index (χ3n) is 1.48. The second-order valence-corrected chi connectivity index (χ2v) is 3.15. The molecule has 0 unspecified atom stereocenters. The molecule has 0 aliphatic rings. The first-order valence-electron chi connectivity index (χ1n) is 4.69. The van der Waals surface area contributed by atoms with E-state index in [1.54, 1.807) is 0 Å². The molecule has 0 bridgehead atoms. The molecule has 0 heterocycles. The Hall–Kier alpha value is -0.340. The van der Waals surface area contributed by atoms with Gasteiger partial charge < -0.3 is 10.1 Å². The topological polar surface area (TPSA) is 21.3 Å². The molecule has 0 saturated carbocycles. The van der Waals surface area contributed by atoms with Gasteiger partial charge >= 0.3 is 0 Å². The fraction of sp³-hybridized carbons (Fsp3) is 0.800. The number of nitrogens with one attached hydrogen (secondary N) is 1. The van der Waals surface area contributed by atoms with Gasteiger partial charge in [0.15, 0.2) is 0 Å². The summed E-state index contributed by atoms with van der Waals surface area (Å²) in [6.45, 7) is 10.6. The molecule has 0 aliphatic carbocycles. The van der Waals surface area contributed by atoms with Crippen molar-refractivity contribution in [3.05, 3.63) is 12.7 Å². The molecule has 0 spiro atoms. The van der Waals surface area contributed by atoms with Crippen molar-refractivity contribution in [2.75, 3.05) is 19.8 Å². The monoisotopic (exact) mass is 171 g/mol. The predicted octanol–water partition coefficient (Wildman–Crippen LogP) is 1.97. The molecule has 0 aromatic heterocycles. The number of hydrogen-bond acceptors (Lipinski definition) is 2. The molecule has 0 aliphatic heterocycles. The van der Waals surface area contributed by atoms with Crippen LogP contribution in [0.3, 0.4) is 0 Å². The summed E-state index contributed by atoms with van der Waals surface area (Å²) in [7, 11) is 0. The fourth-order valence-electron chi connectivity index (χ4n) is 0.834. The SMILES string of the molecule is C=CCCOCCCNC(C)C. The molecule has 0 fully saturated rings. The Morgan fingerprint density at radius 3 is 2.75 bits per heavy atom. The maximum absolute atomic E-state index is 5.34. The van der Waals surface area contributed by atoms with E-state index >= 15 is 0 Å². The molecular formula is C10H21NO. The van der Waals surface area contributed by atoms with Gasteiger partial charge in [0, 0.05) is 19.3 Å². The number of ether oxygens (including phenoxy) is 1. The van der Waals surface area contributed by atoms with E-state index in [9.17, 15) is 0 Å². The number of rotatable bonds is 8. The minimum Gasteiger partial charge on any atom is -0.381 e. The average molecular weight is 171 g/mol. The van der Waals surface area contributed by atoms with Crippen LogP contribution in [0.5, 0.6) is 0 Å². The van der Waals surface area contributed by atoms with Gasteiger partial charge in [-0.15, -0.1) is 6.58 Å². The van der Waals surface area contributed by atoms with Gasteiger partial charge in [-0.1, -0.05) is 19.9 Å². The van der Waals surface area contributed by atoms with Crippen LogP contribution in [0.4, 0.5) is 0 Å². The zero-order valence-electron chi connectivity index (χ0n) is 8.31. The summed E-state index contributed by atoms with van der Waals surface area (Å²) in [5.41, 5.74) is 0. The van der Waals surface area contributed by atoms with Crippen molar-refractivity contribution < 1.29 is 4.74 Å². The lowest BCUT2D eigenvalue weighted by molar-refractivity contribution is 0.136. The second-order valence-electron chi connectivity index (χ2n) is 3.15. The lowest BCUT2D eigenvalue weighted by Gasteiger charge is -2.07. The zero-order valence-corrected chi connectivity index (χ0v) is 8.31. The standard InChI is InChI=1S/C10H21NO/c1-4-5-8-12-9-6-7-11-10(2)3/h4,10-11H,1,5-9H2,2-3H3. The van der Waals surface area contributed by atoms with Crippen LogP contribution >= 0.6 is 0 Å². The quantitative estimate of drug-likeness (QED) is 0.445. The molecule has 0 saturated heterocycles. The lowest BCUT2D eigenvalue weighted by Crippen LogP contribution is -2.24. The third-order valence-corrected chi connectivity index (χ3v) is 1.48. The van der Waals surface area contributed by atoms with Crippen molar-refractivity contribution in [3.63, 3.8) is 0 Å². The zero-order chi connectivity index (χ0) is 9.23. The van der Waals surface area contributed by atoms with Gasteiger partial charge in [-0.2, -0.15) is 0 Å². The van der Waals surface area contributed by atoms with Crippen LogP contribution in [-0.4, -0.2) is 25.8 Å². The van der Waals surface area contributed by atoms with Gasteiger partial charge in [0.05, 0.1) is 0 Å². The predicted molar refractivity (Wildman–Crippen MR) is 53.4 cm³/mol. The maximum Gasteiger partial charge on any atom is 0.0500 e.